The number of anilines is 1. The van der Waals surface area contributed by atoms with Gasteiger partial charge in [-0.3, -0.25) is 4.79 Å². The summed E-state index contributed by atoms with van der Waals surface area (Å²) in [6.07, 6.45) is 3.15. The van der Waals surface area contributed by atoms with Crippen LogP contribution in [0, 0.1) is 5.92 Å². The molecule has 0 bridgehead atoms. The van der Waals surface area contributed by atoms with Gasteiger partial charge in [-0.15, -0.1) is 0 Å². The fraction of sp³-hybridized carbons (Fsp3) is 0.368. The normalized spacial score (nSPS) is 16.0. The predicted octanol–water partition coefficient (Wildman–Crippen LogP) is 3.53. The van der Waals surface area contributed by atoms with Crippen molar-refractivity contribution < 1.29 is 17.9 Å². The quantitative estimate of drug-likeness (QED) is 0.726. The number of pyridine rings is 1. The fourth-order valence-corrected chi connectivity index (χ4v) is 5.18. The van der Waals surface area contributed by atoms with Gasteiger partial charge in [-0.05, 0) is 43.0 Å². The Hall–Kier alpha value is -1.97. The van der Waals surface area contributed by atoms with Gasteiger partial charge in [-0.2, -0.15) is 4.31 Å². The van der Waals surface area contributed by atoms with Crippen LogP contribution in [0.2, 0.25) is 0 Å². The number of rotatable bonds is 5. The van der Waals surface area contributed by atoms with E-state index in [1.165, 1.54) is 29.7 Å². The highest BCUT2D eigenvalue weighted by Crippen LogP contribution is 2.27. The van der Waals surface area contributed by atoms with E-state index >= 15 is 0 Å². The Morgan fingerprint density at radius 2 is 1.96 bits per heavy atom. The van der Waals surface area contributed by atoms with E-state index in [0.29, 0.717) is 35.0 Å². The molecule has 1 fully saturated rings. The van der Waals surface area contributed by atoms with Crippen molar-refractivity contribution in [2.24, 2.45) is 5.92 Å². The van der Waals surface area contributed by atoms with E-state index in [1.807, 2.05) is 0 Å². The van der Waals surface area contributed by atoms with Gasteiger partial charge in [0.2, 0.25) is 15.9 Å². The van der Waals surface area contributed by atoms with Crippen molar-refractivity contribution in [1.29, 1.82) is 0 Å². The molecule has 1 aliphatic rings. The lowest BCUT2D eigenvalue weighted by atomic mass is 10.0. The minimum atomic E-state index is -3.65. The SMILES string of the molecule is COc1ccc(NC(=O)c2cc(Br)cc(S(=O)(=O)N3CCC(C)CC3)c2)cn1. The molecule has 0 unspecified atom stereocenters. The van der Waals surface area contributed by atoms with E-state index in [9.17, 15) is 13.2 Å². The number of hydrogen-bond acceptors (Lipinski definition) is 5. The molecule has 1 aliphatic heterocycles. The Morgan fingerprint density at radius 1 is 1.25 bits per heavy atom. The number of ether oxygens (including phenoxy) is 1. The molecule has 1 aromatic carbocycles. The van der Waals surface area contributed by atoms with E-state index in [4.69, 9.17) is 4.74 Å². The van der Waals surface area contributed by atoms with Crippen LogP contribution in [0.15, 0.2) is 45.9 Å². The van der Waals surface area contributed by atoms with Gasteiger partial charge in [-0.1, -0.05) is 22.9 Å². The van der Waals surface area contributed by atoms with Gasteiger partial charge in [0.25, 0.3) is 5.91 Å². The van der Waals surface area contributed by atoms with E-state index in [-0.39, 0.29) is 10.5 Å². The highest BCUT2D eigenvalue weighted by Gasteiger charge is 2.29. The summed E-state index contributed by atoms with van der Waals surface area (Å²) in [5.41, 5.74) is 0.731. The summed E-state index contributed by atoms with van der Waals surface area (Å²) in [6.45, 7) is 3.11. The summed E-state index contributed by atoms with van der Waals surface area (Å²) >= 11 is 3.32. The number of amides is 1. The van der Waals surface area contributed by atoms with Gasteiger partial charge in [0, 0.05) is 29.2 Å². The molecule has 1 aromatic heterocycles. The summed E-state index contributed by atoms with van der Waals surface area (Å²) in [5, 5.41) is 2.71. The monoisotopic (exact) mass is 467 g/mol. The van der Waals surface area contributed by atoms with Gasteiger partial charge in [0.15, 0.2) is 0 Å². The molecule has 1 saturated heterocycles. The van der Waals surface area contributed by atoms with E-state index in [0.717, 1.165) is 12.8 Å². The zero-order valence-corrected chi connectivity index (χ0v) is 18.1. The Labute approximate surface area is 173 Å². The lowest BCUT2D eigenvalue weighted by Crippen LogP contribution is -2.38. The summed E-state index contributed by atoms with van der Waals surface area (Å²) < 4.78 is 33.0. The number of piperidine rings is 1. The molecule has 0 spiro atoms. The number of nitrogens with zero attached hydrogens (tertiary/aromatic N) is 2. The average Bonchev–Trinajstić information content (AvgIpc) is 2.68. The molecule has 28 heavy (non-hydrogen) atoms. The molecule has 1 N–H and O–H groups in total. The molecule has 0 atom stereocenters. The van der Waals surface area contributed by atoms with Gasteiger partial charge in [-0.25, -0.2) is 13.4 Å². The van der Waals surface area contributed by atoms with Gasteiger partial charge in [0.05, 0.1) is 23.9 Å². The van der Waals surface area contributed by atoms with Crippen molar-refractivity contribution in [3.63, 3.8) is 0 Å². The van der Waals surface area contributed by atoms with E-state index < -0.39 is 15.9 Å². The Bertz CT molecular complexity index is 956. The van der Waals surface area contributed by atoms with Crippen LogP contribution >= 0.6 is 15.9 Å². The lowest BCUT2D eigenvalue weighted by Gasteiger charge is -2.29. The molecular weight excluding hydrogens is 446 g/mol. The Morgan fingerprint density at radius 3 is 2.57 bits per heavy atom. The molecule has 2 aromatic rings. The van der Waals surface area contributed by atoms with Crippen LogP contribution in [0.25, 0.3) is 0 Å². The number of halogens is 1. The number of sulfonamides is 1. The van der Waals surface area contributed by atoms with Crippen LogP contribution in [-0.2, 0) is 10.0 Å². The van der Waals surface area contributed by atoms with Crippen LogP contribution in [0.3, 0.4) is 0 Å². The number of aromatic nitrogens is 1. The van der Waals surface area contributed by atoms with Crippen molar-refractivity contribution in [2.45, 2.75) is 24.7 Å². The second kappa shape index (κ2) is 8.59. The molecule has 3 rings (SSSR count). The number of carbonyl (C=O) groups excluding carboxylic acids is 1. The number of hydrogen-bond donors (Lipinski definition) is 1. The summed E-state index contributed by atoms with van der Waals surface area (Å²) in [7, 11) is -2.14. The van der Waals surface area contributed by atoms with Crippen molar-refractivity contribution in [2.75, 3.05) is 25.5 Å². The lowest BCUT2D eigenvalue weighted by molar-refractivity contribution is 0.102. The van der Waals surface area contributed by atoms with E-state index in [2.05, 4.69) is 33.2 Å². The van der Waals surface area contributed by atoms with E-state index in [1.54, 1.807) is 18.2 Å². The third-order valence-electron chi connectivity index (χ3n) is 4.72. The van der Waals surface area contributed by atoms with Crippen molar-refractivity contribution in [3.05, 3.63) is 46.6 Å². The molecule has 0 saturated carbocycles. The Balaban J connectivity index is 1.83. The topological polar surface area (TPSA) is 88.6 Å². The molecule has 150 valence electrons. The minimum Gasteiger partial charge on any atom is -0.481 e. The number of methoxy groups -OCH3 is 1. The second-order valence-corrected chi connectivity index (χ2v) is 9.66. The number of benzene rings is 1. The first-order chi connectivity index (χ1) is 13.3. The predicted molar refractivity (Wildman–Crippen MR) is 110 cm³/mol. The third kappa shape index (κ3) is 4.71. The van der Waals surface area contributed by atoms with Gasteiger partial charge < -0.3 is 10.1 Å². The molecule has 1 amide bonds. The molecule has 0 radical (unpaired) electrons. The maximum atomic E-state index is 13.0. The maximum absolute atomic E-state index is 13.0. The Kier molecular flexibility index (Phi) is 6.36. The second-order valence-electron chi connectivity index (χ2n) is 6.81. The number of carbonyl (C=O) groups is 1. The zero-order chi connectivity index (χ0) is 20.3. The smallest absolute Gasteiger partial charge is 0.255 e. The summed E-state index contributed by atoms with van der Waals surface area (Å²) in [5.74, 6) is 0.537. The maximum Gasteiger partial charge on any atom is 0.255 e. The van der Waals surface area contributed by atoms with Crippen LogP contribution in [-0.4, -0.2) is 43.8 Å². The molecule has 9 heteroatoms. The largest absolute Gasteiger partial charge is 0.481 e. The van der Waals surface area contributed by atoms with Crippen molar-refractivity contribution in [1.82, 2.24) is 9.29 Å². The first-order valence-electron chi connectivity index (χ1n) is 8.92. The third-order valence-corrected chi connectivity index (χ3v) is 7.05. The highest BCUT2D eigenvalue weighted by molar-refractivity contribution is 9.10. The minimum absolute atomic E-state index is 0.106. The van der Waals surface area contributed by atoms with Crippen molar-refractivity contribution in [3.8, 4) is 5.88 Å². The van der Waals surface area contributed by atoms with Crippen LogP contribution in [0.4, 0.5) is 5.69 Å². The molecular formula is C19H22BrN3O4S. The van der Waals surface area contributed by atoms with Crippen LogP contribution in [0.5, 0.6) is 5.88 Å². The molecule has 2 heterocycles. The van der Waals surface area contributed by atoms with Gasteiger partial charge in [0.1, 0.15) is 0 Å². The fourth-order valence-electron chi connectivity index (χ4n) is 3.00. The number of nitrogens with one attached hydrogen (secondary N) is 1. The van der Waals surface area contributed by atoms with Crippen LogP contribution in [0.1, 0.15) is 30.1 Å². The van der Waals surface area contributed by atoms with Crippen molar-refractivity contribution >= 4 is 37.5 Å². The van der Waals surface area contributed by atoms with Gasteiger partial charge >= 0.3 is 0 Å². The average molecular weight is 468 g/mol. The van der Waals surface area contributed by atoms with Crippen LogP contribution < -0.4 is 10.1 Å². The first-order valence-corrected chi connectivity index (χ1v) is 11.1. The highest BCUT2D eigenvalue weighted by atomic mass is 79.9. The first kappa shape index (κ1) is 20.8. The summed E-state index contributed by atoms with van der Waals surface area (Å²) in [6, 6.07) is 7.81. The zero-order valence-electron chi connectivity index (χ0n) is 15.7. The summed E-state index contributed by atoms with van der Waals surface area (Å²) in [4.78, 5) is 16.8. The molecule has 0 aliphatic carbocycles. The standard InChI is InChI=1S/C19H22BrN3O4S/c1-13-5-7-23(8-6-13)28(25,26)17-10-14(9-15(20)11-17)19(24)22-16-3-4-18(27-2)21-12-16/h3-4,9-13H,5-8H2,1-2H3,(H,22,24). The molecule has 7 nitrogen and oxygen atoms in total.